The highest BCUT2D eigenvalue weighted by atomic mass is 16.2. The number of aromatic nitrogens is 1. The molecule has 2 rings (SSSR count). The number of piperidine rings is 1. The molecule has 18 heavy (non-hydrogen) atoms. The molecule has 4 heteroatoms. The molecule has 1 atom stereocenters. The second-order valence-corrected chi connectivity index (χ2v) is 5.03. The number of pyridine rings is 1. The number of nitrogens with zero attached hydrogens (tertiary/aromatic N) is 2. The van der Waals surface area contributed by atoms with Gasteiger partial charge in [0.2, 0.25) is 0 Å². The van der Waals surface area contributed by atoms with Gasteiger partial charge in [-0.05, 0) is 42.9 Å². The lowest BCUT2D eigenvalue weighted by molar-refractivity contribution is 0.170. The lowest BCUT2D eigenvalue weighted by atomic mass is 10.0. The van der Waals surface area contributed by atoms with E-state index >= 15 is 0 Å². The highest BCUT2D eigenvalue weighted by Crippen LogP contribution is 2.15. The Kier molecular flexibility index (Phi) is 4.56. The number of urea groups is 1. The lowest BCUT2D eigenvalue weighted by Gasteiger charge is -2.30. The van der Waals surface area contributed by atoms with E-state index in [4.69, 9.17) is 0 Å². The second kappa shape index (κ2) is 6.38. The summed E-state index contributed by atoms with van der Waals surface area (Å²) in [6, 6.07) is 4.04. The van der Waals surface area contributed by atoms with Crippen LogP contribution in [-0.2, 0) is 6.42 Å². The van der Waals surface area contributed by atoms with E-state index in [1.54, 1.807) is 12.4 Å². The van der Waals surface area contributed by atoms with Gasteiger partial charge in [-0.15, -0.1) is 0 Å². The third kappa shape index (κ3) is 3.72. The summed E-state index contributed by atoms with van der Waals surface area (Å²) in [6.07, 6.45) is 6.78. The van der Waals surface area contributed by atoms with E-state index in [0.29, 0.717) is 12.5 Å². The fourth-order valence-corrected chi connectivity index (χ4v) is 2.35. The Morgan fingerprint density at radius 2 is 2.28 bits per heavy atom. The predicted octanol–water partition coefficient (Wildman–Crippen LogP) is 2.07. The minimum absolute atomic E-state index is 0.0793. The van der Waals surface area contributed by atoms with E-state index in [-0.39, 0.29) is 6.03 Å². The summed E-state index contributed by atoms with van der Waals surface area (Å²) in [5.74, 6) is 0.629. The Hall–Kier alpha value is -1.58. The largest absolute Gasteiger partial charge is 0.338 e. The fourth-order valence-electron chi connectivity index (χ4n) is 2.35. The maximum absolute atomic E-state index is 11.9. The van der Waals surface area contributed by atoms with E-state index in [1.807, 2.05) is 17.0 Å². The van der Waals surface area contributed by atoms with Gasteiger partial charge in [0.1, 0.15) is 0 Å². The molecule has 0 aromatic carbocycles. The number of carbonyl (C=O) groups excluding carboxylic acids is 1. The monoisotopic (exact) mass is 247 g/mol. The van der Waals surface area contributed by atoms with Crippen LogP contribution in [0.4, 0.5) is 4.79 Å². The van der Waals surface area contributed by atoms with Crippen molar-refractivity contribution in [2.75, 3.05) is 19.6 Å². The Morgan fingerprint density at radius 1 is 1.50 bits per heavy atom. The Balaban J connectivity index is 1.71. The molecule has 0 bridgehead atoms. The molecule has 1 fully saturated rings. The number of rotatable bonds is 3. The molecule has 1 aliphatic rings. The predicted molar refractivity (Wildman–Crippen MR) is 71.3 cm³/mol. The first-order chi connectivity index (χ1) is 8.75. The summed E-state index contributed by atoms with van der Waals surface area (Å²) in [7, 11) is 0. The van der Waals surface area contributed by atoms with Crippen LogP contribution < -0.4 is 5.32 Å². The first-order valence-corrected chi connectivity index (χ1v) is 6.67. The van der Waals surface area contributed by atoms with Gasteiger partial charge in [0.05, 0.1) is 0 Å². The molecular weight excluding hydrogens is 226 g/mol. The van der Waals surface area contributed by atoms with Gasteiger partial charge < -0.3 is 10.2 Å². The zero-order valence-electron chi connectivity index (χ0n) is 10.9. The molecule has 1 unspecified atom stereocenters. The molecule has 4 nitrogen and oxygen atoms in total. The molecule has 2 heterocycles. The van der Waals surface area contributed by atoms with Gasteiger partial charge in [0, 0.05) is 32.0 Å². The maximum atomic E-state index is 11.9. The van der Waals surface area contributed by atoms with Crippen molar-refractivity contribution in [3.63, 3.8) is 0 Å². The zero-order chi connectivity index (χ0) is 12.8. The molecule has 0 spiro atoms. The van der Waals surface area contributed by atoms with Crippen molar-refractivity contribution in [3.8, 4) is 0 Å². The molecule has 98 valence electrons. The van der Waals surface area contributed by atoms with Crippen LogP contribution in [-0.4, -0.2) is 35.5 Å². The van der Waals surface area contributed by atoms with Crippen molar-refractivity contribution in [2.24, 2.45) is 5.92 Å². The smallest absolute Gasteiger partial charge is 0.317 e. The van der Waals surface area contributed by atoms with Gasteiger partial charge >= 0.3 is 6.03 Å². The second-order valence-electron chi connectivity index (χ2n) is 5.03. The molecule has 1 saturated heterocycles. The number of amides is 2. The van der Waals surface area contributed by atoms with Crippen LogP contribution in [0.25, 0.3) is 0 Å². The fraction of sp³-hybridized carbons (Fsp3) is 0.571. The Labute approximate surface area is 108 Å². The van der Waals surface area contributed by atoms with Gasteiger partial charge in [0.25, 0.3) is 0 Å². The summed E-state index contributed by atoms with van der Waals surface area (Å²) >= 11 is 0. The van der Waals surface area contributed by atoms with Crippen molar-refractivity contribution in [3.05, 3.63) is 30.1 Å². The third-order valence-electron chi connectivity index (χ3n) is 3.38. The number of hydrogen-bond acceptors (Lipinski definition) is 2. The maximum Gasteiger partial charge on any atom is 0.317 e. The first-order valence-electron chi connectivity index (χ1n) is 6.67. The molecule has 0 aliphatic carbocycles. The van der Waals surface area contributed by atoms with Crippen LogP contribution in [0.5, 0.6) is 0 Å². The summed E-state index contributed by atoms with van der Waals surface area (Å²) in [4.78, 5) is 17.8. The van der Waals surface area contributed by atoms with Crippen LogP contribution in [0.1, 0.15) is 25.3 Å². The highest BCUT2D eigenvalue weighted by molar-refractivity contribution is 5.74. The average molecular weight is 247 g/mol. The molecule has 1 N–H and O–H groups in total. The van der Waals surface area contributed by atoms with Gasteiger partial charge in [-0.25, -0.2) is 4.79 Å². The van der Waals surface area contributed by atoms with Crippen molar-refractivity contribution in [1.82, 2.24) is 15.2 Å². The summed E-state index contributed by atoms with van der Waals surface area (Å²) < 4.78 is 0. The number of carbonyl (C=O) groups is 1. The molecule has 1 aliphatic heterocycles. The minimum Gasteiger partial charge on any atom is -0.338 e. The number of likely N-dealkylation sites (tertiary alicyclic amines) is 1. The average Bonchev–Trinajstić information content (AvgIpc) is 2.40. The van der Waals surface area contributed by atoms with Crippen molar-refractivity contribution in [1.29, 1.82) is 0 Å². The SMILES string of the molecule is CC1CCCN(C(=O)NCCc2ccncc2)C1. The quantitative estimate of drug-likeness (QED) is 0.888. The van der Waals surface area contributed by atoms with Gasteiger partial charge in [-0.3, -0.25) is 4.98 Å². The summed E-state index contributed by atoms with van der Waals surface area (Å²) in [6.45, 7) is 4.68. The zero-order valence-corrected chi connectivity index (χ0v) is 10.9. The first kappa shape index (κ1) is 12.9. The molecule has 1 aromatic heterocycles. The van der Waals surface area contributed by atoms with Gasteiger partial charge in [0.15, 0.2) is 0 Å². The molecular formula is C14H21N3O. The Morgan fingerprint density at radius 3 is 3.00 bits per heavy atom. The van der Waals surface area contributed by atoms with Gasteiger partial charge in [-0.1, -0.05) is 6.92 Å². The topological polar surface area (TPSA) is 45.2 Å². The van der Waals surface area contributed by atoms with Gasteiger partial charge in [-0.2, -0.15) is 0 Å². The number of nitrogens with one attached hydrogen (secondary N) is 1. The van der Waals surface area contributed by atoms with Crippen molar-refractivity contribution < 1.29 is 4.79 Å². The summed E-state index contributed by atoms with van der Waals surface area (Å²) in [5.41, 5.74) is 1.21. The number of hydrogen-bond donors (Lipinski definition) is 1. The summed E-state index contributed by atoms with van der Waals surface area (Å²) in [5, 5.41) is 2.99. The molecule has 0 saturated carbocycles. The van der Waals surface area contributed by atoms with Crippen molar-refractivity contribution >= 4 is 6.03 Å². The van der Waals surface area contributed by atoms with Crippen molar-refractivity contribution in [2.45, 2.75) is 26.2 Å². The molecule has 0 radical (unpaired) electrons. The third-order valence-corrected chi connectivity index (χ3v) is 3.38. The lowest BCUT2D eigenvalue weighted by Crippen LogP contribution is -2.45. The Bertz CT molecular complexity index is 380. The van der Waals surface area contributed by atoms with Crippen LogP contribution in [0.2, 0.25) is 0 Å². The minimum atomic E-state index is 0.0793. The van der Waals surface area contributed by atoms with Crippen LogP contribution in [0.15, 0.2) is 24.5 Å². The van der Waals surface area contributed by atoms with Crippen LogP contribution in [0, 0.1) is 5.92 Å². The molecule has 2 amide bonds. The van der Waals surface area contributed by atoms with E-state index in [9.17, 15) is 4.79 Å². The van der Waals surface area contributed by atoms with E-state index < -0.39 is 0 Å². The normalized spacial score (nSPS) is 19.6. The van der Waals surface area contributed by atoms with Crippen LogP contribution >= 0.6 is 0 Å². The van der Waals surface area contributed by atoms with E-state index in [0.717, 1.165) is 25.9 Å². The van der Waals surface area contributed by atoms with Crippen LogP contribution in [0.3, 0.4) is 0 Å². The highest BCUT2D eigenvalue weighted by Gasteiger charge is 2.20. The standard InChI is InChI=1S/C14H21N3O/c1-12-3-2-10-17(11-12)14(18)16-9-6-13-4-7-15-8-5-13/h4-5,7-8,12H,2-3,6,9-11H2,1H3,(H,16,18). The van der Waals surface area contributed by atoms with E-state index in [1.165, 1.54) is 12.0 Å². The molecule has 1 aromatic rings. The van der Waals surface area contributed by atoms with E-state index in [2.05, 4.69) is 17.2 Å².